The van der Waals surface area contributed by atoms with Crippen LogP contribution >= 0.6 is 0 Å². The smallest absolute Gasteiger partial charge is 0.252 e. The Hall–Kier alpha value is -2.50. The van der Waals surface area contributed by atoms with Gasteiger partial charge in [0.15, 0.2) is 0 Å². The first-order valence-corrected chi connectivity index (χ1v) is 6.15. The number of anilines is 1. The second-order valence-electron chi connectivity index (χ2n) is 4.25. The lowest BCUT2D eigenvalue weighted by Gasteiger charge is -2.11. The third kappa shape index (κ3) is 3.28. The molecule has 106 valence electrons. The Balaban J connectivity index is 2.16. The molecule has 1 heterocycles. The van der Waals surface area contributed by atoms with Crippen LogP contribution in [-0.2, 0) is 6.54 Å². The zero-order chi connectivity index (χ0) is 14.5. The molecule has 0 aliphatic rings. The van der Waals surface area contributed by atoms with Crippen molar-refractivity contribution in [3.63, 3.8) is 0 Å². The summed E-state index contributed by atoms with van der Waals surface area (Å²) >= 11 is 0. The monoisotopic (exact) mass is 275 g/mol. The lowest BCUT2D eigenvalue weighted by atomic mass is 10.2. The standard InChI is InChI=1S/C14H17N3O3/c1-9-16-13(7-14(18)17-9)15-8-10-4-5-11(19-2)6-12(10)20-3/h4-7H,8H2,1-3H3,(H2,15,16,17,18). The number of hydrogen-bond donors (Lipinski definition) is 2. The molecule has 0 fully saturated rings. The average Bonchev–Trinajstić information content (AvgIpc) is 2.44. The average molecular weight is 275 g/mol. The lowest BCUT2D eigenvalue weighted by molar-refractivity contribution is 0.391. The molecule has 20 heavy (non-hydrogen) atoms. The van der Waals surface area contributed by atoms with E-state index in [0.717, 1.165) is 17.1 Å². The molecule has 0 amide bonds. The fourth-order valence-electron chi connectivity index (χ4n) is 1.85. The van der Waals surface area contributed by atoms with Crippen molar-refractivity contribution in [1.29, 1.82) is 0 Å². The number of methoxy groups -OCH3 is 2. The first-order valence-electron chi connectivity index (χ1n) is 6.15. The van der Waals surface area contributed by atoms with E-state index in [0.29, 0.717) is 18.2 Å². The minimum absolute atomic E-state index is 0.179. The van der Waals surface area contributed by atoms with Gasteiger partial charge in [0.25, 0.3) is 5.56 Å². The maximum Gasteiger partial charge on any atom is 0.252 e. The molecule has 0 bridgehead atoms. The van der Waals surface area contributed by atoms with E-state index in [1.165, 1.54) is 6.07 Å². The Labute approximate surface area is 116 Å². The molecule has 0 unspecified atom stereocenters. The first-order chi connectivity index (χ1) is 9.62. The first kappa shape index (κ1) is 13.9. The van der Waals surface area contributed by atoms with Gasteiger partial charge in [-0.05, 0) is 19.1 Å². The van der Waals surface area contributed by atoms with Gasteiger partial charge in [0.05, 0.1) is 14.2 Å². The maximum absolute atomic E-state index is 11.4. The number of aromatic nitrogens is 2. The van der Waals surface area contributed by atoms with Crippen molar-refractivity contribution in [2.75, 3.05) is 19.5 Å². The molecule has 0 atom stereocenters. The van der Waals surface area contributed by atoms with Crippen LogP contribution in [0.15, 0.2) is 29.1 Å². The fourth-order valence-corrected chi connectivity index (χ4v) is 1.85. The van der Waals surface area contributed by atoms with Gasteiger partial charge in [0.1, 0.15) is 23.1 Å². The van der Waals surface area contributed by atoms with E-state index in [4.69, 9.17) is 9.47 Å². The van der Waals surface area contributed by atoms with Crippen molar-refractivity contribution in [2.24, 2.45) is 0 Å². The Morgan fingerprint density at radius 1 is 1.25 bits per heavy atom. The highest BCUT2D eigenvalue weighted by Gasteiger charge is 2.05. The van der Waals surface area contributed by atoms with Crippen molar-refractivity contribution in [2.45, 2.75) is 13.5 Å². The van der Waals surface area contributed by atoms with Crippen LogP contribution < -0.4 is 20.3 Å². The lowest BCUT2D eigenvalue weighted by Crippen LogP contribution is -2.12. The maximum atomic E-state index is 11.4. The molecule has 0 spiro atoms. The minimum atomic E-state index is -0.179. The van der Waals surface area contributed by atoms with Gasteiger partial charge in [0, 0.05) is 24.2 Å². The van der Waals surface area contributed by atoms with Crippen molar-refractivity contribution in [3.05, 3.63) is 46.0 Å². The fraction of sp³-hybridized carbons (Fsp3) is 0.286. The summed E-state index contributed by atoms with van der Waals surface area (Å²) in [5.41, 5.74) is 0.773. The summed E-state index contributed by atoms with van der Waals surface area (Å²) in [6.07, 6.45) is 0. The molecular weight excluding hydrogens is 258 g/mol. The Bertz CT molecular complexity index is 652. The molecule has 0 aliphatic carbocycles. The molecule has 0 saturated heterocycles. The molecule has 6 nitrogen and oxygen atoms in total. The van der Waals surface area contributed by atoms with E-state index in [-0.39, 0.29) is 5.56 Å². The molecule has 1 aromatic heterocycles. The largest absolute Gasteiger partial charge is 0.497 e. The van der Waals surface area contributed by atoms with Crippen LogP contribution in [0.2, 0.25) is 0 Å². The van der Waals surface area contributed by atoms with Gasteiger partial charge in [0.2, 0.25) is 0 Å². The molecule has 2 aromatic rings. The summed E-state index contributed by atoms with van der Waals surface area (Å²) in [5.74, 6) is 2.56. The van der Waals surface area contributed by atoms with Crippen LogP contribution in [0, 0.1) is 6.92 Å². The minimum Gasteiger partial charge on any atom is -0.497 e. The van der Waals surface area contributed by atoms with E-state index in [1.807, 2.05) is 18.2 Å². The van der Waals surface area contributed by atoms with Gasteiger partial charge in [-0.25, -0.2) is 4.98 Å². The van der Waals surface area contributed by atoms with Crippen LogP contribution in [0.25, 0.3) is 0 Å². The van der Waals surface area contributed by atoms with Gasteiger partial charge in [-0.3, -0.25) is 4.79 Å². The summed E-state index contributed by atoms with van der Waals surface area (Å²) in [5, 5.41) is 3.10. The molecule has 1 aromatic carbocycles. The summed E-state index contributed by atoms with van der Waals surface area (Å²) < 4.78 is 10.5. The highest BCUT2D eigenvalue weighted by molar-refractivity contribution is 5.43. The molecule has 6 heteroatoms. The molecular formula is C14H17N3O3. The zero-order valence-electron chi connectivity index (χ0n) is 11.7. The Morgan fingerprint density at radius 2 is 2.05 bits per heavy atom. The Kier molecular flexibility index (Phi) is 4.24. The van der Waals surface area contributed by atoms with E-state index in [1.54, 1.807) is 21.1 Å². The predicted molar refractivity (Wildman–Crippen MR) is 76.5 cm³/mol. The van der Waals surface area contributed by atoms with E-state index >= 15 is 0 Å². The van der Waals surface area contributed by atoms with Gasteiger partial charge >= 0.3 is 0 Å². The van der Waals surface area contributed by atoms with Gasteiger partial charge in [-0.2, -0.15) is 0 Å². The number of ether oxygens (including phenoxy) is 2. The Morgan fingerprint density at radius 3 is 2.70 bits per heavy atom. The van der Waals surface area contributed by atoms with Crippen molar-refractivity contribution in [1.82, 2.24) is 9.97 Å². The second-order valence-corrected chi connectivity index (χ2v) is 4.25. The number of aromatic amines is 1. The summed E-state index contributed by atoms with van der Waals surface area (Å²) in [6, 6.07) is 7.00. The van der Waals surface area contributed by atoms with Crippen LogP contribution in [-0.4, -0.2) is 24.2 Å². The van der Waals surface area contributed by atoms with Gasteiger partial charge < -0.3 is 19.8 Å². The molecule has 2 N–H and O–H groups in total. The number of rotatable bonds is 5. The van der Waals surface area contributed by atoms with Crippen molar-refractivity contribution >= 4 is 5.82 Å². The predicted octanol–water partition coefficient (Wildman–Crippen LogP) is 1.71. The third-order valence-electron chi connectivity index (χ3n) is 2.81. The quantitative estimate of drug-likeness (QED) is 0.868. The van der Waals surface area contributed by atoms with Crippen molar-refractivity contribution in [3.8, 4) is 11.5 Å². The van der Waals surface area contributed by atoms with Crippen LogP contribution in [0.5, 0.6) is 11.5 Å². The molecule has 2 rings (SSSR count). The summed E-state index contributed by atoms with van der Waals surface area (Å²) in [4.78, 5) is 18.2. The highest BCUT2D eigenvalue weighted by atomic mass is 16.5. The van der Waals surface area contributed by atoms with E-state index in [9.17, 15) is 4.79 Å². The molecule has 0 aliphatic heterocycles. The number of H-pyrrole nitrogens is 1. The van der Waals surface area contributed by atoms with E-state index < -0.39 is 0 Å². The second kappa shape index (κ2) is 6.10. The zero-order valence-corrected chi connectivity index (χ0v) is 11.7. The normalized spacial score (nSPS) is 10.2. The van der Waals surface area contributed by atoms with E-state index in [2.05, 4.69) is 15.3 Å². The number of benzene rings is 1. The van der Waals surface area contributed by atoms with Gasteiger partial charge in [-0.1, -0.05) is 0 Å². The molecule has 0 radical (unpaired) electrons. The SMILES string of the molecule is COc1ccc(CNc2cc(=O)[nH]c(C)n2)c(OC)c1. The number of nitrogens with one attached hydrogen (secondary N) is 2. The van der Waals surface area contributed by atoms with Crippen LogP contribution in [0.4, 0.5) is 5.82 Å². The highest BCUT2D eigenvalue weighted by Crippen LogP contribution is 2.24. The third-order valence-corrected chi connectivity index (χ3v) is 2.81. The van der Waals surface area contributed by atoms with Gasteiger partial charge in [-0.15, -0.1) is 0 Å². The van der Waals surface area contributed by atoms with Crippen molar-refractivity contribution < 1.29 is 9.47 Å². The summed E-state index contributed by atoms with van der Waals surface area (Å²) in [7, 11) is 3.21. The number of hydrogen-bond acceptors (Lipinski definition) is 5. The molecule has 0 saturated carbocycles. The number of nitrogens with zero attached hydrogens (tertiary/aromatic N) is 1. The number of aryl methyl sites for hydroxylation is 1. The van der Waals surface area contributed by atoms with Crippen LogP contribution in [0.1, 0.15) is 11.4 Å². The van der Waals surface area contributed by atoms with Crippen LogP contribution in [0.3, 0.4) is 0 Å². The summed E-state index contributed by atoms with van der Waals surface area (Å²) in [6.45, 7) is 2.24. The topological polar surface area (TPSA) is 76.2 Å².